The summed E-state index contributed by atoms with van der Waals surface area (Å²) in [5.41, 5.74) is 10.6. The van der Waals surface area contributed by atoms with E-state index in [1.807, 2.05) is 0 Å². The van der Waals surface area contributed by atoms with Crippen LogP contribution in [0.15, 0.2) is 18.2 Å². The SMILES string of the molecule is Cc1cc(C)cc(CN2CCC(N)C(C)(C)C2)c1. The quantitative estimate of drug-likeness (QED) is 0.869. The van der Waals surface area contributed by atoms with Crippen molar-refractivity contribution in [2.45, 2.75) is 46.7 Å². The highest BCUT2D eigenvalue weighted by Gasteiger charge is 2.33. The molecule has 1 saturated heterocycles. The van der Waals surface area contributed by atoms with Gasteiger partial charge in [-0.05, 0) is 31.2 Å². The summed E-state index contributed by atoms with van der Waals surface area (Å²) in [6.45, 7) is 12.2. The zero-order valence-corrected chi connectivity index (χ0v) is 12.2. The van der Waals surface area contributed by atoms with E-state index in [1.54, 1.807) is 0 Å². The first-order chi connectivity index (χ1) is 8.37. The number of nitrogens with zero attached hydrogens (tertiary/aromatic N) is 1. The molecule has 0 aliphatic carbocycles. The van der Waals surface area contributed by atoms with Crippen LogP contribution in [0, 0.1) is 19.3 Å². The molecule has 0 aromatic heterocycles. The molecule has 2 heteroatoms. The second-order valence-electron chi connectivity index (χ2n) is 6.59. The average molecular weight is 246 g/mol. The van der Waals surface area contributed by atoms with E-state index in [0.717, 1.165) is 26.1 Å². The van der Waals surface area contributed by atoms with Gasteiger partial charge in [-0.15, -0.1) is 0 Å². The lowest BCUT2D eigenvalue weighted by molar-refractivity contribution is 0.0898. The van der Waals surface area contributed by atoms with Gasteiger partial charge in [-0.25, -0.2) is 0 Å². The van der Waals surface area contributed by atoms with Gasteiger partial charge in [0.05, 0.1) is 0 Å². The van der Waals surface area contributed by atoms with Gasteiger partial charge in [0.25, 0.3) is 0 Å². The summed E-state index contributed by atoms with van der Waals surface area (Å²) >= 11 is 0. The summed E-state index contributed by atoms with van der Waals surface area (Å²) in [5, 5.41) is 0. The van der Waals surface area contributed by atoms with E-state index < -0.39 is 0 Å². The van der Waals surface area contributed by atoms with Crippen LogP contribution in [0.25, 0.3) is 0 Å². The third-order valence-electron chi connectivity index (χ3n) is 4.08. The van der Waals surface area contributed by atoms with Crippen molar-refractivity contribution < 1.29 is 0 Å². The van der Waals surface area contributed by atoms with Crippen molar-refractivity contribution >= 4 is 0 Å². The van der Waals surface area contributed by atoms with Crippen molar-refractivity contribution in [2.24, 2.45) is 11.1 Å². The van der Waals surface area contributed by atoms with Gasteiger partial charge in [-0.2, -0.15) is 0 Å². The number of aryl methyl sites for hydroxylation is 2. The van der Waals surface area contributed by atoms with Crippen molar-refractivity contribution in [3.63, 3.8) is 0 Å². The third kappa shape index (κ3) is 3.12. The predicted molar refractivity (Wildman–Crippen MR) is 77.6 cm³/mol. The Morgan fingerprint density at radius 3 is 2.39 bits per heavy atom. The van der Waals surface area contributed by atoms with E-state index in [9.17, 15) is 0 Å². The fourth-order valence-corrected chi connectivity index (χ4v) is 3.04. The van der Waals surface area contributed by atoms with Crippen LogP contribution in [-0.2, 0) is 6.54 Å². The standard InChI is InChI=1S/C16H26N2/c1-12-7-13(2)9-14(8-12)10-18-6-5-15(17)16(3,4)11-18/h7-9,15H,5-6,10-11,17H2,1-4H3. The molecule has 1 heterocycles. The number of benzene rings is 1. The van der Waals surface area contributed by atoms with E-state index in [2.05, 4.69) is 50.8 Å². The van der Waals surface area contributed by atoms with Crippen LogP contribution in [-0.4, -0.2) is 24.0 Å². The highest BCUT2D eigenvalue weighted by Crippen LogP contribution is 2.28. The van der Waals surface area contributed by atoms with Crippen LogP contribution < -0.4 is 5.73 Å². The number of piperidine rings is 1. The first-order valence-electron chi connectivity index (χ1n) is 6.92. The Morgan fingerprint density at radius 1 is 1.22 bits per heavy atom. The summed E-state index contributed by atoms with van der Waals surface area (Å²) in [6.07, 6.45) is 1.11. The van der Waals surface area contributed by atoms with E-state index in [-0.39, 0.29) is 5.41 Å². The number of hydrogen-bond donors (Lipinski definition) is 1. The van der Waals surface area contributed by atoms with Crippen molar-refractivity contribution in [3.05, 3.63) is 34.9 Å². The number of hydrogen-bond acceptors (Lipinski definition) is 2. The average Bonchev–Trinajstić information content (AvgIpc) is 2.21. The summed E-state index contributed by atoms with van der Waals surface area (Å²) in [4.78, 5) is 2.54. The van der Waals surface area contributed by atoms with E-state index in [1.165, 1.54) is 16.7 Å². The monoisotopic (exact) mass is 246 g/mol. The van der Waals surface area contributed by atoms with Crippen molar-refractivity contribution in [2.75, 3.05) is 13.1 Å². The molecule has 0 spiro atoms. The highest BCUT2D eigenvalue weighted by atomic mass is 15.1. The molecule has 1 aromatic carbocycles. The lowest BCUT2D eigenvalue weighted by Gasteiger charge is -2.42. The largest absolute Gasteiger partial charge is 0.327 e. The van der Waals surface area contributed by atoms with Gasteiger partial charge in [0.15, 0.2) is 0 Å². The molecule has 1 aromatic rings. The second kappa shape index (κ2) is 5.02. The number of likely N-dealkylation sites (tertiary alicyclic amines) is 1. The Hall–Kier alpha value is -0.860. The Morgan fingerprint density at radius 2 is 1.83 bits per heavy atom. The summed E-state index contributed by atoms with van der Waals surface area (Å²) in [7, 11) is 0. The van der Waals surface area contributed by atoms with Gasteiger partial charge in [0.2, 0.25) is 0 Å². The fraction of sp³-hybridized carbons (Fsp3) is 0.625. The molecule has 1 fully saturated rings. The summed E-state index contributed by atoms with van der Waals surface area (Å²) in [6, 6.07) is 7.18. The molecule has 1 atom stereocenters. The second-order valence-corrected chi connectivity index (χ2v) is 6.59. The zero-order valence-electron chi connectivity index (χ0n) is 12.2. The van der Waals surface area contributed by atoms with Crippen LogP contribution in [0.5, 0.6) is 0 Å². The molecular weight excluding hydrogens is 220 g/mol. The first-order valence-corrected chi connectivity index (χ1v) is 6.92. The fourth-order valence-electron chi connectivity index (χ4n) is 3.04. The molecule has 2 nitrogen and oxygen atoms in total. The van der Waals surface area contributed by atoms with Gasteiger partial charge in [-0.1, -0.05) is 43.2 Å². The maximum Gasteiger partial charge on any atom is 0.0234 e. The van der Waals surface area contributed by atoms with Gasteiger partial charge < -0.3 is 5.73 Å². The maximum atomic E-state index is 6.19. The van der Waals surface area contributed by atoms with Gasteiger partial charge in [-0.3, -0.25) is 4.90 Å². The smallest absolute Gasteiger partial charge is 0.0234 e. The molecule has 100 valence electrons. The molecule has 1 aliphatic heterocycles. The maximum absolute atomic E-state index is 6.19. The Balaban J connectivity index is 2.06. The number of rotatable bonds is 2. The van der Waals surface area contributed by atoms with Crippen molar-refractivity contribution in [3.8, 4) is 0 Å². The molecule has 1 aliphatic rings. The topological polar surface area (TPSA) is 29.3 Å². The molecule has 0 amide bonds. The van der Waals surface area contributed by atoms with Gasteiger partial charge in [0.1, 0.15) is 0 Å². The Labute approximate surface area is 111 Å². The minimum atomic E-state index is 0.233. The van der Waals surface area contributed by atoms with E-state index >= 15 is 0 Å². The van der Waals surface area contributed by atoms with E-state index in [4.69, 9.17) is 5.73 Å². The van der Waals surface area contributed by atoms with E-state index in [0.29, 0.717) is 6.04 Å². The molecule has 2 rings (SSSR count). The Bertz CT molecular complexity index is 403. The zero-order chi connectivity index (χ0) is 13.3. The van der Waals surface area contributed by atoms with Crippen molar-refractivity contribution in [1.29, 1.82) is 0 Å². The molecule has 2 N–H and O–H groups in total. The molecule has 0 bridgehead atoms. The predicted octanol–water partition coefficient (Wildman–Crippen LogP) is 2.86. The molecule has 0 radical (unpaired) electrons. The number of nitrogens with two attached hydrogens (primary N) is 1. The van der Waals surface area contributed by atoms with Gasteiger partial charge >= 0.3 is 0 Å². The van der Waals surface area contributed by atoms with Crippen LogP contribution in [0.3, 0.4) is 0 Å². The molecule has 1 unspecified atom stereocenters. The van der Waals surface area contributed by atoms with Crippen LogP contribution in [0.4, 0.5) is 0 Å². The minimum absolute atomic E-state index is 0.233. The normalized spacial score (nSPS) is 24.2. The first kappa shape index (κ1) is 13.6. The summed E-state index contributed by atoms with van der Waals surface area (Å²) < 4.78 is 0. The van der Waals surface area contributed by atoms with Crippen LogP contribution in [0.1, 0.15) is 37.0 Å². The molecular formula is C16H26N2. The lowest BCUT2D eigenvalue weighted by atomic mass is 9.79. The Kier molecular flexibility index (Phi) is 3.79. The van der Waals surface area contributed by atoms with Crippen LogP contribution >= 0.6 is 0 Å². The summed E-state index contributed by atoms with van der Waals surface area (Å²) in [5.74, 6) is 0. The minimum Gasteiger partial charge on any atom is -0.327 e. The van der Waals surface area contributed by atoms with Crippen molar-refractivity contribution in [1.82, 2.24) is 4.90 Å². The lowest BCUT2D eigenvalue weighted by Crippen LogP contribution is -2.52. The molecule has 18 heavy (non-hydrogen) atoms. The molecule has 0 saturated carbocycles. The van der Waals surface area contributed by atoms with Crippen LogP contribution in [0.2, 0.25) is 0 Å². The third-order valence-corrected chi connectivity index (χ3v) is 4.08. The highest BCUT2D eigenvalue weighted by molar-refractivity contribution is 5.28. The van der Waals surface area contributed by atoms with Gasteiger partial charge in [0, 0.05) is 25.7 Å².